The number of nitrogens with one attached hydrogen (secondary N) is 2. The fraction of sp³-hybridized carbons (Fsp3) is 0.233. The van der Waals surface area contributed by atoms with E-state index in [0.717, 1.165) is 39.4 Å². The van der Waals surface area contributed by atoms with E-state index in [-0.39, 0.29) is 24.4 Å². The number of benzene rings is 2. The Balaban J connectivity index is 1.40. The fourth-order valence-electron chi connectivity index (χ4n) is 4.67. The third-order valence-electron chi connectivity index (χ3n) is 6.82. The Morgan fingerprint density at radius 2 is 1.89 bits per heavy atom. The molecule has 6 nitrogen and oxygen atoms in total. The summed E-state index contributed by atoms with van der Waals surface area (Å²) in [6, 6.07) is 21.1. The minimum atomic E-state index is -0.277. The van der Waals surface area contributed by atoms with Gasteiger partial charge in [0.15, 0.2) is 5.11 Å². The van der Waals surface area contributed by atoms with E-state index < -0.39 is 0 Å². The number of amides is 1. The van der Waals surface area contributed by atoms with Gasteiger partial charge < -0.3 is 20.0 Å². The molecule has 0 bridgehead atoms. The Labute approximate surface area is 233 Å². The Morgan fingerprint density at radius 3 is 2.66 bits per heavy atom. The molecule has 5 rings (SSSR count). The van der Waals surface area contributed by atoms with E-state index in [1.807, 2.05) is 92.4 Å². The van der Waals surface area contributed by atoms with Gasteiger partial charge in [0.25, 0.3) is 0 Å². The molecule has 0 radical (unpaired) electrons. The smallest absolute Gasteiger partial charge is 0.226 e. The summed E-state index contributed by atoms with van der Waals surface area (Å²) in [6.45, 7) is 6.38. The number of furan rings is 1. The molecule has 0 unspecified atom stereocenters. The molecule has 2 atom stereocenters. The van der Waals surface area contributed by atoms with Crippen LogP contribution in [0.4, 0.5) is 5.69 Å². The molecule has 0 saturated carbocycles. The quantitative estimate of drug-likeness (QED) is 0.246. The summed E-state index contributed by atoms with van der Waals surface area (Å²) >= 11 is 12.1. The highest BCUT2D eigenvalue weighted by Gasteiger charge is 2.41. The molecule has 1 aliphatic heterocycles. The largest absolute Gasteiger partial charge is 0.459 e. The molecule has 0 spiro atoms. The van der Waals surface area contributed by atoms with Gasteiger partial charge in [0.1, 0.15) is 17.6 Å². The SMILES string of the molecule is Cc1ccc(C)c(NC(=O)CCN2C(=S)N[C@@H](c3ccccn3)[C@@H]2c2ccc(-c3ccc(C)c(Cl)c3)o2)c1. The molecule has 4 aromatic rings. The van der Waals surface area contributed by atoms with Crippen molar-refractivity contribution in [1.82, 2.24) is 15.2 Å². The summed E-state index contributed by atoms with van der Waals surface area (Å²) in [5.74, 6) is 1.37. The first-order chi connectivity index (χ1) is 18.3. The van der Waals surface area contributed by atoms with E-state index in [1.54, 1.807) is 6.20 Å². The maximum atomic E-state index is 12.9. The molecule has 0 aliphatic carbocycles. The zero-order chi connectivity index (χ0) is 26.8. The first-order valence-corrected chi connectivity index (χ1v) is 13.3. The Hall–Kier alpha value is -3.68. The van der Waals surface area contributed by atoms with E-state index in [1.165, 1.54) is 0 Å². The predicted octanol–water partition coefficient (Wildman–Crippen LogP) is 6.92. The molecule has 194 valence electrons. The lowest BCUT2D eigenvalue weighted by molar-refractivity contribution is -0.116. The van der Waals surface area contributed by atoms with Crippen LogP contribution in [-0.4, -0.2) is 27.4 Å². The minimum absolute atomic E-state index is 0.0732. The van der Waals surface area contributed by atoms with Crippen LogP contribution in [0, 0.1) is 20.8 Å². The molecule has 1 aliphatic rings. The number of carbonyl (C=O) groups is 1. The second-order valence-corrected chi connectivity index (χ2v) is 10.4. The van der Waals surface area contributed by atoms with Gasteiger partial charge in [-0.1, -0.05) is 41.9 Å². The van der Waals surface area contributed by atoms with Gasteiger partial charge in [-0.3, -0.25) is 9.78 Å². The summed E-state index contributed by atoms with van der Waals surface area (Å²) < 4.78 is 6.38. The lowest BCUT2D eigenvalue weighted by Crippen LogP contribution is -2.32. The number of hydrogen-bond acceptors (Lipinski definition) is 4. The number of aromatic nitrogens is 1. The van der Waals surface area contributed by atoms with Gasteiger partial charge in [-0.2, -0.15) is 0 Å². The highest BCUT2D eigenvalue weighted by Crippen LogP contribution is 2.40. The lowest BCUT2D eigenvalue weighted by atomic mass is 10.0. The third kappa shape index (κ3) is 5.44. The molecule has 3 heterocycles. The van der Waals surface area contributed by atoms with Crippen molar-refractivity contribution < 1.29 is 9.21 Å². The van der Waals surface area contributed by atoms with Crippen molar-refractivity contribution in [2.24, 2.45) is 0 Å². The highest BCUT2D eigenvalue weighted by atomic mass is 35.5. The van der Waals surface area contributed by atoms with Crippen LogP contribution in [0.5, 0.6) is 0 Å². The zero-order valence-corrected chi connectivity index (χ0v) is 23.1. The average Bonchev–Trinajstić information content (AvgIpc) is 3.51. The molecular weight excluding hydrogens is 516 g/mol. The highest BCUT2D eigenvalue weighted by molar-refractivity contribution is 7.80. The second kappa shape index (κ2) is 11.0. The Bertz CT molecular complexity index is 1490. The number of aryl methyl sites for hydroxylation is 3. The summed E-state index contributed by atoms with van der Waals surface area (Å²) in [6.07, 6.45) is 2.03. The maximum Gasteiger partial charge on any atom is 0.226 e. The topological polar surface area (TPSA) is 70.4 Å². The summed E-state index contributed by atoms with van der Waals surface area (Å²) in [7, 11) is 0. The van der Waals surface area contributed by atoms with Crippen molar-refractivity contribution in [3.63, 3.8) is 0 Å². The van der Waals surface area contributed by atoms with Crippen molar-refractivity contribution in [3.8, 4) is 11.3 Å². The standard InChI is InChI=1S/C30H29ClN4O2S/c1-18-7-8-20(3)24(16-18)33-27(36)13-15-35-29(28(34-30(35)38)23-6-4-5-14-32-23)26-12-11-25(37-26)21-10-9-19(2)22(31)17-21/h4-12,14,16-17,28-29H,13,15H2,1-3H3,(H,33,36)(H,34,38)/t28-,29-/m0/s1. The monoisotopic (exact) mass is 544 g/mol. The normalized spacial score (nSPS) is 16.9. The maximum absolute atomic E-state index is 12.9. The van der Waals surface area contributed by atoms with Gasteiger partial charge >= 0.3 is 0 Å². The minimum Gasteiger partial charge on any atom is -0.459 e. The van der Waals surface area contributed by atoms with Crippen LogP contribution in [0.15, 0.2) is 77.3 Å². The number of pyridine rings is 1. The van der Waals surface area contributed by atoms with Gasteiger partial charge in [0, 0.05) is 35.4 Å². The van der Waals surface area contributed by atoms with Gasteiger partial charge in [0.2, 0.25) is 5.91 Å². The van der Waals surface area contributed by atoms with Crippen molar-refractivity contribution in [2.45, 2.75) is 39.3 Å². The van der Waals surface area contributed by atoms with Crippen molar-refractivity contribution >= 4 is 40.5 Å². The third-order valence-corrected chi connectivity index (χ3v) is 7.58. The molecule has 1 amide bonds. The number of carbonyl (C=O) groups excluding carboxylic acids is 1. The number of thiocarbonyl (C=S) groups is 1. The molecule has 1 fully saturated rings. The van der Waals surface area contributed by atoms with E-state index >= 15 is 0 Å². The number of anilines is 1. The van der Waals surface area contributed by atoms with Gasteiger partial charge in [-0.15, -0.1) is 0 Å². The van der Waals surface area contributed by atoms with Crippen LogP contribution in [0.2, 0.25) is 5.02 Å². The average molecular weight is 545 g/mol. The van der Waals surface area contributed by atoms with Crippen LogP contribution in [0.1, 0.15) is 46.6 Å². The van der Waals surface area contributed by atoms with E-state index in [0.29, 0.717) is 22.4 Å². The van der Waals surface area contributed by atoms with Gasteiger partial charge in [-0.25, -0.2) is 0 Å². The van der Waals surface area contributed by atoms with E-state index in [9.17, 15) is 4.79 Å². The van der Waals surface area contributed by atoms with Crippen LogP contribution in [-0.2, 0) is 4.79 Å². The molecule has 38 heavy (non-hydrogen) atoms. The molecule has 1 saturated heterocycles. The van der Waals surface area contributed by atoms with Crippen molar-refractivity contribution in [2.75, 3.05) is 11.9 Å². The van der Waals surface area contributed by atoms with Gasteiger partial charge in [-0.05, 0) is 86.1 Å². The number of nitrogens with zero attached hydrogens (tertiary/aromatic N) is 2. The first kappa shape index (κ1) is 25.9. The second-order valence-electron chi connectivity index (χ2n) is 9.60. The van der Waals surface area contributed by atoms with Gasteiger partial charge in [0.05, 0.1) is 11.7 Å². The molecule has 8 heteroatoms. The van der Waals surface area contributed by atoms with Crippen molar-refractivity contribution in [1.29, 1.82) is 0 Å². The summed E-state index contributed by atoms with van der Waals surface area (Å²) in [5, 5.41) is 7.70. The zero-order valence-electron chi connectivity index (χ0n) is 21.5. The lowest BCUT2D eigenvalue weighted by Gasteiger charge is -2.26. The number of rotatable bonds is 7. The Kier molecular flexibility index (Phi) is 7.49. The molecular formula is C30H29ClN4O2S. The van der Waals surface area contributed by atoms with E-state index in [4.69, 9.17) is 28.2 Å². The molecule has 2 N–H and O–H groups in total. The van der Waals surface area contributed by atoms with Crippen LogP contribution in [0.3, 0.4) is 0 Å². The fourth-order valence-corrected chi connectivity index (χ4v) is 5.19. The summed E-state index contributed by atoms with van der Waals surface area (Å²) in [5.41, 5.74) is 5.69. The summed E-state index contributed by atoms with van der Waals surface area (Å²) in [4.78, 5) is 19.5. The molecule has 2 aromatic heterocycles. The number of hydrogen-bond donors (Lipinski definition) is 2. The number of halogens is 1. The van der Waals surface area contributed by atoms with E-state index in [2.05, 4.69) is 15.6 Å². The molecule has 2 aromatic carbocycles. The van der Waals surface area contributed by atoms with Crippen LogP contribution >= 0.6 is 23.8 Å². The van der Waals surface area contributed by atoms with Crippen molar-refractivity contribution in [3.05, 3.63) is 106 Å². The first-order valence-electron chi connectivity index (χ1n) is 12.5. The van der Waals surface area contributed by atoms with Crippen LogP contribution in [0.25, 0.3) is 11.3 Å². The Morgan fingerprint density at radius 1 is 1.08 bits per heavy atom. The van der Waals surface area contributed by atoms with Crippen LogP contribution < -0.4 is 10.6 Å². The predicted molar refractivity (Wildman–Crippen MR) is 155 cm³/mol.